The van der Waals surface area contributed by atoms with Gasteiger partial charge in [-0.25, -0.2) is 4.98 Å². The Balaban J connectivity index is 2.42. The number of rotatable bonds is 1. The third-order valence-electron chi connectivity index (χ3n) is 3.56. The zero-order valence-corrected chi connectivity index (χ0v) is 11.6. The van der Waals surface area contributed by atoms with Crippen molar-refractivity contribution < 1.29 is 9.31 Å². The molecule has 0 atom stereocenters. The minimum Gasteiger partial charge on any atom is -0.399 e. The zero-order chi connectivity index (χ0) is 13.6. The van der Waals surface area contributed by atoms with Crippen molar-refractivity contribution >= 4 is 24.2 Å². The lowest BCUT2D eigenvalue weighted by Crippen LogP contribution is -2.41. The average Bonchev–Trinajstić information content (AvgIpc) is 2.47. The molecule has 0 radical (unpaired) electrons. The Bertz CT molecular complexity index is 509. The smallest absolute Gasteiger partial charge is 0.399 e. The van der Waals surface area contributed by atoms with E-state index < -0.39 is 18.3 Å². The number of halogens is 1. The van der Waals surface area contributed by atoms with Crippen molar-refractivity contribution in [2.24, 2.45) is 0 Å². The third kappa shape index (κ3) is 2.01. The fourth-order valence-corrected chi connectivity index (χ4v) is 1.93. The van der Waals surface area contributed by atoms with E-state index in [1.54, 1.807) is 12.3 Å². The van der Waals surface area contributed by atoms with Gasteiger partial charge in [0.1, 0.15) is 11.2 Å². The van der Waals surface area contributed by atoms with Crippen LogP contribution < -0.4 is 5.46 Å². The summed E-state index contributed by atoms with van der Waals surface area (Å²) in [6, 6.07) is 3.74. The molecule has 94 valence electrons. The topological polar surface area (TPSA) is 55.1 Å². The van der Waals surface area contributed by atoms with Crippen molar-refractivity contribution in [3.8, 4) is 6.07 Å². The van der Waals surface area contributed by atoms with Gasteiger partial charge in [-0.3, -0.25) is 0 Å². The van der Waals surface area contributed by atoms with Gasteiger partial charge in [0.05, 0.1) is 16.8 Å². The van der Waals surface area contributed by atoms with Gasteiger partial charge < -0.3 is 9.31 Å². The van der Waals surface area contributed by atoms with Gasteiger partial charge in [-0.2, -0.15) is 5.26 Å². The van der Waals surface area contributed by atoms with Crippen molar-refractivity contribution in [2.45, 2.75) is 38.9 Å². The molecule has 1 saturated heterocycles. The monoisotopic (exact) mass is 264 g/mol. The summed E-state index contributed by atoms with van der Waals surface area (Å²) < 4.78 is 11.8. The summed E-state index contributed by atoms with van der Waals surface area (Å²) in [5, 5.41) is 9.31. The molecule has 0 amide bonds. The normalized spacial score (nSPS) is 20.8. The molecule has 1 fully saturated rings. The van der Waals surface area contributed by atoms with Crippen molar-refractivity contribution in [3.63, 3.8) is 0 Å². The quantitative estimate of drug-likeness (QED) is 0.574. The van der Waals surface area contributed by atoms with Crippen molar-refractivity contribution in [1.29, 1.82) is 5.26 Å². The molecule has 2 heterocycles. The summed E-state index contributed by atoms with van der Waals surface area (Å²) in [5.74, 6) is 0. The predicted molar refractivity (Wildman–Crippen MR) is 69.7 cm³/mol. The lowest BCUT2D eigenvalue weighted by molar-refractivity contribution is 0.00578. The standard InChI is InChI=1S/C12H14BClN2O2/c1-11(2)12(3,4)18-13(17-11)9-5-6-16-10(14)8(9)7-15/h5-6H,1-4H3. The van der Waals surface area contributed by atoms with Crippen molar-refractivity contribution in [3.05, 3.63) is 23.0 Å². The maximum absolute atomic E-state index is 9.13. The highest BCUT2D eigenvalue weighted by Gasteiger charge is 2.52. The number of nitrogens with zero attached hydrogens (tertiary/aromatic N) is 2. The molecule has 4 nitrogen and oxygen atoms in total. The highest BCUT2D eigenvalue weighted by Crippen LogP contribution is 2.36. The number of aromatic nitrogens is 1. The van der Waals surface area contributed by atoms with Crippen LogP contribution in [0, 0.1) is 11.3 Å². The lowest BCUT2D eigenvalue weighted by atomic mass is 9.77. The number of pyridine rings is 1. The van der Waals surface area contributed by atoms with E-state index in [9.17, 15) is 0 Å². The Hall–Kier alpha value is -1.09. The van der Waals surface area contributed by atoms with Crippen LogP contribution in [0.1, 0.15) is 33.3 Å². The average molecular weight is 265 g/mol. The molecule has 0 saturated carbocycles. The first kappa shape index (κ1) is 13.3. The van der Waals surface area contributed by atoms with Crippen LogP contribution in [-0.2, 0) is 9.31 Å². The van der Waals surface area contributed by atoms with Crippen LogP contribution in [0.3, 0.4) is 0 Å². The van der Waals surface area contributed by atoms with E-state index in [1.165, 1.54) is 0 Å². The molecular formula is C12H14BClN2O2. The second-order valence-corrected chi connectivity index (χ2v) is 5.62. The van der Waals surface area contributed by atoms with Crippen LogP contribution in [0.5, 0.6) is 0 Å². The fraction of sp³-hybridized carbons (Fsp3) is 0.500. The van der Waals surface area contributed by atoms with Gasteiger partial charge in [-0.1, -0.05) is 11.6 Å². The molecule has 0 aromatic carbocycles. The Morgan fingerprint density at radius 3 is 2.33 bits per heavy atom. The molecule has 0 N–H and O–H groups in total. The lowest BCUT2D eigenvalue weighted by Gasteiger charge is -2.32. The van der Waals surface area contributed by atoms with Gasteiger partial charge in [0.25, 0.3) is 0 Å². The summed E-state index contributed by atoms with van der Waals surface area (Å²) in [6.07, 6.45) is 1.55. The summed E-state index contributed by atoms with van der Waals surface area (Å²) in [5.41, 5.74) is 0.0362. The predicted octanol–water partition coefficient (Wildman–Crippen LogP) is 1.91. The first-order chi connectivity index (χ1) is 8.28. The molecule has 0 unspecified atom stereocenters. The van der Waals surface area contributed by atoms with Gasteiger partial charge in [0.15, 0.2) is 0 Å². The Labute approximate surface area is 112 Å². The maximum atomic E-state index is 9.13. The molecular weight excluding hydrogens is 250 g/mol. The van der Waals surface area contributed by atoms with E-state index in [4.69, 9.17) is 26.2 Å². The van der Waals surface area contributed by atoms with Gasteiger partial charge >= 0.3 is 7.12 Å². The minimum atomic E-state index is -0.592. The Morgan fingerprint density at radius 2 is 1.83 bits per heavy atom. The molecule has 1 aliphatic heterocycles. The fourth-order valence-electron chi connectivity index (χ4n) is 1.73. The molecule has 18 heavy (non-hydrogen) atoms. The molecule has 1 aromatic heterocycles. The molecule has 0 aliphatic carbocycles. The highest BCUT2D eigenvalue weighted by molar-refractivity contribution is 6.63. The first-order valence-electron chi connectivity index (χ1n) is 5.68. The van der Waals surface area contributed by atoms with Crippen molar-refractivity contribution in [2.75, 3.05) is 0 Å². The van der Waals surface area contributed by atoms with Gasteiger partial charge in [0.2, 0.25) is 0 Å². The van der Waals surface area contributed by atoms with E-state index in [2.05, 4.69) is 4.98 Å². The zero-order valence-electron chi connectivity index (χ0n) is 10.8. The van der Waals surface area contributed by atoms with E-state index in [1.807, 2.05) is 33.8 Å². The van der Waals surface area contributed by atoms with Crippen LogP contribution in [0.4, 0.5) is 0 Å². The van der Waals surface area contributed by atoms with Crippen LogP contribution in [0.15, 0.2) is 12.3 Å². The van der Waals surface area contributed by atoms with E-state index >= 15 is 0 Å². The van der Waals surface area contributed by atoms with Crippen molar-refractivity contribution in [1.82, 2.24) is 4.98 Å². The molecule has 6 heteroatoms. The Kier molecular flexibility index (Phi) is 3.14. The summed E-state index contributed by atoms with van der Waals surface area (Å²) in [7, 11) is -0.592. The Morgan fingerprint density at radius 1 is 1.28 bits per heavy atom. The first-order valence-corrected chi connectivity index (χ1v) is 6.06. The van der Waals surface area contributed by atoms with Crippen LogP contribution >= 0.6 is 11.6 Å². The largest absolute Gasteiger partial charge is 0.496 e. The number of hydrogen-bond donors (Lipinski definition) is 0. The molecule has 1 aromatic rings. The molecule has 0 bridgehead atoms. The van der Waals surface area contributed by atoms with E-state index in [0.29, 0.717) is 11.0 Å². The van der Waals surface area contributed by atoms with Crippen LogP contribution in [0.2, 0.25) is 5.15 Å². The van der Waals surface area contributed by atoms with Crippen LogP contribution in [0.25, 0.3) is 0 Å². The highest BCUT2D eigenvalue weighted by atomic mass is 35.5. The number of nitriles is 1. The second kappa shape index (κ2) is 4.23. The van der Waals surface area contributed by atoms with Gasteiger partial charge in [0, 0.05) is 11.7 Å². The third-order valence-corrected chi connectivity index (χ3v) is 3.84. The number of hydrogen-bond acceptors (Lipinski definition) is 4. The molecule has 1 aliphatic rings. The van der Waals surface area contributed by atoms with Gasteiger partial charge in [-0.15, -0.1) is 0 Å². The summed E-state index contributed by atoms with van der Waals surface area (Å²) in [6.45, 7) is 7.84. The SMILES string of the molecule is CC1(C)OB(c2ccnc(Cl)c2C#N)OC1(C)C. The minimum absolute atomic E-state index is 0.171. The maximum Gasteiger partial charge on any atom is 0.496 e. The summed E-state index contributed by atoms with van der Waals surface area (Å²) in [4.78, 5) is 3.89. The second-order valence-electron chi connectivity index (χ2n) is 5.27. The molecule has 2 rings (SSSR count). The van der Waals surface area contributed by atoms with Gasteiger partial charge in [-0.05, 0) is 33.8 Å². The molecule has 0 spiro atoms. The van der Waals surface area contributed by atoms with E-state index in [-0.39, 0.29) is 5.15 Å². The van der Waals surface area contributed by atoms with Crippen LogP contribution in [-0.4, -0.2) is 23.3 Å². The summed E-state index contributed by atoms with van der Waals surface area (Å²) >= 11 is 5.91. The van der Waals surface area contributed by atoms with E-state index in [0.717, 1.165) is 0 Å².